The van der Waals surface area contributed by atoms with E-state index in [9.17, 15) is 0 Å². The van der Waals surface area contributed by atoms with E-state index < -0.39 is 0 Å². The Balaban J connectivity index is 1.40. The minimum atomic E-state index is 1.27. The van der Waals surface area contributed by atoms with Crippen LogP contribution < -0.4 is 0 Å². The van der Waals surface area contributed by atoms with Crippen molar-refractivity contribution in [2.24, 2.45) is 0 Å². The van der Waals surface area contributed by atoms with Crippen molar-refractivity contribution in [3.05, 3.63) is 133 Å². The molecule has 0 fully saturated rings. The van der Waals surface area contributed by atoms with Crippen LogP contribution >= 0.6 is 22.7 Å². The molecule has 0 aliphatic carbocycles. The zero-order chi connectivity index (χ0) is 26.2. The molecule has 0 bridgehead atoms. The highest BCUT2D eigenvalue weighted by atomic mass is 32.1. The van der Waals surface area contributed by atoms with Gasteiger partial charge in [0.15, 0.2) is 0 Å². The van der Waals surface area contributed by atoms with Gasteiger partial charge in [0.25, 0.3) is 0 Å². The van der Waals surface area contributed by atoms with Crippen molar-refractivity contribution in [1.29, 1.82) is 0 Å². The topological polar surface area (TPSA) is 0 Å². The molecule has 0 saturated heterocycles. The summed E-state index contributed by atoms with van der Waals surface area (Å²) < 4.78 is 4.06. The van der Waals surface area contributed by atoms with Gasteiger partial charge >= 0.3 is 0 Å². The van der Waals surface area contributed by atoms with Crippen molar-refractivity contribution < 1.29 is 0 Å². The van der Waals surface area contributed by atoms with Crippen molar-refractivity contribution >= 4 is 85.2 Å². The van der Waals surface area contributed by atoms with Crippen LogP contribution in [-0.4, -0.2) is 0 Å². The molecule has 40 heavy (non-hydrogen) atoms. The summed E-state index contributed by atoms with van der Waals surface area (Å²) in [5, 5.41) is 14.0. The minimum absolute atomic E-state index is 1.27. The highest BCUT2D eigenvalue weighted by Crippen LogP contribution is 2.46. The Hall–Kier alpha value is -4.50. The summed E-state index contributed by atoms with van der Waals surface area (Å²) in [6.07, 6.45) is 0. The van der Waals surface area contributed by atoms with Crippen LogP contribution in [0, 0.1) is 0 Å². The van der Waals surface area contributed by atoms with Gasteiger partial charge < -0.3 is 0 Å². The van der Waals surface area contributed by atoms with Crippen molar-refractivity contribution in [2.75, 3.05) is 0 Å². The molecule has 0 atom stereocenters. The number of hydrogen-bond acceptors (Lipinski definition) is 2. The van der Waals surface area contributed by atoms with E-state index in [2.05, 4.69) is 133 Å². The number of hydrogen-bond donors (Lipinski definition) is 0. The number of benzene rings is 7. The molecule has 0 saturated carbocycles. The first-order valence-corrected chi connectivity index (χ1v) is 15.3. The maximum Gasteiger partial charge on any atom is 0.0362 e. The van der Waals surface area contributed by atoms with E-state index in [1.807, 2.05) is 22.7 Å². The van der Waals surface area contributed by atoms with Gasteiger partial charge in [0.1, 0.15) is 0 Å². The van der Waals surface area contributed by atoms with Gasteiger partial charge in [0.05, 0.1) is 0 Å². The Morgan fingerprint density at radius 3 is 1.80 bits per heavy atom. The highest BCUT2D eigenvalue weighted by Gasteiger charge is 2.18. The van der Waals surface area contributed by atoms with Crippen molar-refractivity contribution in [3.63, 3.8) is 0 Å². The average Bonchev–Trinajstić information content (AvgIpc) is 3.61. The second kappa shape index (κ2) is 8.50. The second-order valence-electron chi connectivity index (χ2n) is 10.5. The summed E-state index contributed by atoms with van der Waals surface area (Å²) in [5.74, 6) is 0. The molecule has 9 rings (SSSR count). The molecular weight excluding hydrogens is 521 g/mol. The summed E-state index contributed by atoms with van der Waals surface area (Å²) in [5.41, 5.74) is 5.19. The lowest BCUT2D eigenvalue weighted by Crippen LogP contribution is -1.91. The summed E-state index contributed by atoms with van der Waals surface area (Å²) in [7, 11) is 0. The van der Waals surface area contributed by atoms with E-state index in [0.29, 0.717) is 0 Å². The number of thiophene rings is 2. The number of rotatable bonds is 2. The van der Waals surface area contributed by atoms with Crippen molar-refractivity contribution in [1.82, 2.24) is 0 Å². The summed E-state index contributed by atoms with van der Waals surface area (Å²) in [4.78, 5) is 0. The SMILES string of the molecule is c1ccc2c(-c3c4ccccc4c(-c4ccc5sc6cc7ccsc7cc6c5c4)c4ccccc34)cccc2c1. The maximum absolute atomic E-state index is 2.43. The van der Waals surface area contributed by atoms with Crippen LogP contribution in [0.2, 0.25) is 0 Å². The molecule has 0 amide bonds. The molecule has 0 nitrogen and oxygen atoms in total. The molecular formula is C38H22S2. The Morgan fingerprint density at radius 1 is 0.375 bits per heavy atom. The van der Waals surface area contributed by atoms with E-state index in [-0.39, 0.29) is 0 Å². The standard InChI is InChI=1S/C38H22S2/c1-2-10-26-23(8-1)9-7-15-27(26)38-30-13-5-3-11-28(30)37(29-12-4-6-14-31(29)38)25-16-17-34-32(20-25)33-22-35-24(18-19-39-35)21-36(33)40-34/h1-22H. The molecule has 0 N–H and O–H groups in total. The Bertz CT molecular complexity index is 2370. The van der Waals surface area contributed by atoms with Crippen LogP contribution in [-0.2, 0) is 0 Å². The predicted molar refractivity (Wildman–Crippen MR) is 178 cm³/mol. The third-order valence-electron chi connectivity index (χ3n) is 8.32. The molecule has 0 aliphatic rings. The fraction of sp³-hybridized carbons (Fsp3) is 0. The molecule has 2 aromatic heterocycles. The van der Waals surface area contributed by atoms with Crippen LogP contribution in [0.5, 0.6) is 0 Å². The monoisotopic (exact) mass is 542 g/mol. The number of fused-ring (bicyclic) bond motifs is 7. The molecule has 2 heteroatoms. The molecule has 2 heterocycles. The fourth-order valence-electron chi connectivity index (χ4n) is 6.56. The zero-order valence-electron chi connectivity index (χ0n) is 21.5. The maximum atomic E-state index is 2.43. The lowest BCUT2D eigenvalue weighted by Gasteiger charge is -2.19. The molecule has 9 aromatic rings. The largest absolute Gasteiger partial charge is 0.144 e. The second-order valence-corrected chi connectivity index (χ2v) is 12.5. The first-order valence-electron chi connectivity index (χ1n) is 13.6. The predicted octanol–water partition coefficient (Wildman–Crippen LogP) is 12.1. The van der Waals surface area contributed by atoms with Gasteiger partial charge in [-0.15, -0.1) is 22.7 Å². The van der Waals surface area contributed by atoms with E-state index in [4.69, 9.17) is 0 Å². The summed E-state index contributed by atoms with van der Waals surface area (Å²) in [6.45, 7) is 0. The molecule has 7 aromatic carbocycles. The van der Waals surface area contributed by atoms with Crippen LogP contribution in [0.25, 0.3) is 84.8 Å². The van der Waals surface area contributed by atoms with E-state index in [1.165, 1.54) is 84.8 Å². The lowest BCUT2D eigenvalue weighted by atomic mass is 9.84. The first-order chi connectivity index (χ1) is 19.8. The van der Waals surface area contributed by atoms with Crippen LogP contribution in [0.15, 0.2) is 133 Å². The van der Waals surface area contributed by atoms with Crippen LogP contribution in [0.4, 0.5) is 0 Å². The van der Waals surface area contributed by atoms with Gasteiger partial charge in [-0.3, -0.25) is 0 Å². The van der Waals surface area contributed by atoms with Crippen LogP contribution in [0.3, 0.4) is 0 Å². The van der Waals surface area contributed by atoms with Gasteiger partial charge in [-0.25, -0.2) is 0 Å². The minimum Gasteiger partial charge on any atom is -0.144 e. The lowest BCUT2D eigenvalue weighted by molar-refractivity contribution is 1.69. The molecule has 0 spiro atoms. The smallest absolute Gasteiger partial charge is 0.0362 e. The third-order valence-corrected chi connectivity index (χ3v) is 10.3. The third kappa shape index (κ3) is 3.18. The summed E-state index contributed by atoms with van der Waals surface area (Å²) in [6, 6.07) is 47.4. The van der Waals surface area contributed by atoms with E-state index >= 15 is 0 Å². The van der Waals surface area contributed by atoms with E-state index in [0.717, 1.165) is 0 Å². The van der Waals surface area contributed by atoms with Crippen LogP contribution in [0.1, 0.15) is 0 Å². The Morgan fingerprint density at radius 2 is 1.02 bits per heavy atom. The molecule has 186 valence electrons. The van der Waals surface area contributed by atoms with Gasteiger partial charge in [0, 0.05) is 24.9 Å². The Kier molecular flexibility index (Phi) is 4.74. The van der Waals surface area contributed by atoms with E-state index in [1.54, 1.807) is 0 Å². The van der Waals surface area contributed by atoms with Gasteiger partial charge in [-0.2, -0.15) is 0 Å². The van der Waals surface area contributed by atoms with Crippen molar-refractivity contribution in [3.8, 4) is 22.3 Å². The fourth-order valence-corrected chi connectivity index (χ4v) is 8.49. The molecule has 0 aliphatic heterocycles. The average molecular weight is 543 g/mol. The quantitative estimate of drug-likeness (QED) is 0.191. The van der Waals surface area contributed by atoms with Crippen molar-refractivity contribution in [2.45, 2.75) is 0 Å². The zero-order valence-corrected chi connectivity index (χ0v) is 23.2. The molecule has 0 unspecified atom stereocenters. The van der Waals surface area contributed by atoms with Gasteiger partial charge in [-0.1, -0.05) is 97.1 Å². The molecule has 0 radical (unpaired) electrons. The highest BCUT2D eigenvalue weighted by molar-refractivity contribution is 7.26. The normalized spacial score (nSPS) is 12.0. The first kappa shape index (κ1) is 22.3. The Labute approximate surface area is 239 Å². The van der Waals surface area contributed by atoms with Gasteiger partial charge in [0.2, 0.25) is 0 Å². The summed E-state index contributed by atoms with van der Waals surface area (Å²) >= 11 is 3.72. The van der Waals surface area contributed by atoms with Gasteiger partial charge in [-0.05, 0) is 95.7 Å².